The van der Waals surface area contributed by atoms with E-state index in [0.29, 0.717) is 5.91 Å². The van der Waals surface area contributed by atoms with Crippen molar-refractivity contribution in [2.45, 2.75) is 69.9 Å². The van der Waals surface area contributed by atoms with Crippen LogP contribution in [0, 0.1) is 5.92 Å². The van der Waals surface area contributed by atoms with Crippen molar-refractivity contribution in [1.29, 1.82) is 0 Å². The molecule has 2 atom stereocenters. The number of aliphatic imine (C=N–C) groups is 1. The van der Waals surface area contributed by atoms with Gasteiger partial charge in [-0.3, -0.25) is 14.7 Å². The van der Waals surface area contributed by atoms with Crippen LogP contribution in [0.5, 0.6) is 0 Å². The van der Waals surface area contributed by atoms with E-state index in [4.69, 9.17) is 4.42 Å². The summed E-state index contributed by atoms with van der Waals surface area (Å²) in [6.07, 6.45) is 12.4. The van der Waals surface area contributed by atoms with Crippen LogP contribution in [0.4, 0.5) is 0 Å². The fraction of sp³-hybridized carbons (Fsp3) is 0.750. The Kier molecular flexibility index (Phi) is 10.1. The summed E-state index contributed by atoms with van der Waals surface area (Å²) in [6.45, 7) is 4.61. The number of piperidine rings is 1. The Morgan fingerprint density at radius 1 is 1.12 bits per heavy atom. The van der Waals surface area contributed by atoms with Gasteiger partial charge in [-0.15, -0.1) is 24.0 Å². The van der Waals surface area contributed by atoms with Crippen molar-refractivity contribution in [1.82, 2.24) is 20.4 Å². The Morgan fingerprint density at radius 2 is 1.88 bits per heavy atom. The van der Waals surface area contributed by atoms with E-state index in [-0.39, 0.29) is 42.0 Å². The number of nitrogens with one attached hydrogen (secondary N) is 2. The summed E-state index contributed by atoms with van der Waals surface area (Å²) in [7, 11) is 1.82. The first-order chi connectivity index (χ1) is 15.2. The molecule has 3 fully saturated rings. The van der Waals surface area contributed by atoms with Crippen molar-refractivity contribution in [3.63, 3.8) is 0 Å². The minimum absolute atomic E-state index is 0. The summed E-state index contributed by atoms with van der Waals surface area (Å²) < 4.78 is 5.76. The second-order valence-electron chi connectivity index (χ2n) is 9.33. The molecule has 1 amide bonds. The van der Waals surface area contributed by atoms with Crippen LogP contribution >= 0.6 is 24.0 Å². The molecule has 1 aromatic heterocycles. The lowest BCUT2D eigenvalue weighted by molar-refractivity contribution is -0.135. The van der Waals surface area contributed by atoms with E-state index >= 15 is 0 Å². The molecule has 2 aliphatic heterocycles. The molecule has 1 saturated carbocycles. The van der Waals surface area contributed by atoms with Gasteiger partial charge in [-0.05, 0) is 57.3 Å². The minimum Gasteiger partial charge on any atom is -0.468 e. The molecule has 32 heavy (non-hydrogen) atoms. The third-order valence-electron chi connectivity index (χ3n) is 7.18. The van der Waals surface area contributed by atoms with Gasteiger partial charge in [0.05, 0.1) is 12.3 Å². The van der Waals surface area contributed by atoms with Crippen LogP contribution in [-0.4, -0.2) is 67.5 Å². The largest absolute Gasteiger partial charge is 0.468 e. The summed E-state index contributed by atoms with van der Waals surface area (Å²) in [6, 6.07) is 4.51. The number of nitrogens with zero attached hydrogens (tertiary/aromatic N) is 3. The van der Waals surface area contributed by atoms with Crippen LogP contribution in [0.2, 0.25) is 0 Å². The van der Waals surface area contributed by atoms with Gasteiger partial charge in [0.2, 0.25) is 5.91 Å². The van der Waals surface area contributed by atoms with Gasteiger partial charge in [0, 0.05) is 38.6 Å². The smallest absolute Gasteiger partial charge is 0.225 e. The maximum Gasteiger partial charge on any atom is 0.225 e. The van der Waals surface area contributed by atoms with Gasteiger partial charge in [-0.25, -0.2) is 0 Å². The molecule has 3 aliphatic rings. The fourth-order valence-corrected chi connectivity index (χ4v) is 5.39. The van der Waals surface area contributed by atoms with Gasteiger partial charge in [-0.1, -0.05) is 25.7 Å². The van der Waals surface area contributed by atoms with E-state index in [9.17, 15) is 4.79 Å². The van der Waals surface area contributed by atoms with Crippen molar-refractivity contribution in [3.05, 3.63) is 24.2 Å². The second kappa shape index (κ2) is 12.8. The molecular formula is C24H40IN5O2. The molecule has 8 heteroatoms. The van der Waals surface area contributed by atoms with Crippen molar-refractivity contribution in [2.75, 3.05) is 39.8 Å². The molecule has 2 N–H and O–H groups in total. The van der Waals surface area contributed by atoms with E-state index in [1.165, 1.54) is 38.5 Å². The fourth-order valence-electron chi connectivity index (χ4n) is 5.39. The van der Waals surface area contributed by atoms with Crippen molar-refractivity contribution in [2.24, 2.45) is 10.9 Å². The molecule has 0 aromatic carbocycles. The number of furan rings is 1. The van der Waals surface area contributed by atoms with E-state index in [1.807, 2.05) is 13.1 Å². The van der Waals surface area contributed by atoms with Crippen molar-refractivity contribution >= 4 is 35.8 Å². The van der Waals surface area contributed by atoms with Gasteiger partial charge in [0.15, 0.2) is 5.96 Å². The van der Waals surface area contributed by atoms with E-state index in [2.05, 4.69) is 31.5 Å². The molecule has 0 spiro atoms. The Balaban J connectivity index is 0.00000289. The highest BCUT2D eigenvalue weighted by Gasteiger charge is 2.32. The lowest BCUT2D eigenvalue weighted by Crippen LogP contribution is -2.48. The Morgan fingerprint density at radius 3 is 2.56 bits per heavy atom. The molecule has 2 unspecified atom stereocenters. The van der Waals surface area contributed by atoms with E-state index in [0.717, 1.165) is 63.7 Å². The first-order valence-corrected chi connectivity index (χ1v) is 12.3. The predicted octanol–water partition coefficient (Wildman–Crippen LogP) is 3.77. The molecule has 4 rings (SSSR count). The molecule has 180 valence electrons. The van der Waals surface area contributed by atoms with Crippen LogP contribution in [0.3, 0.4) is 0 Å². The monoisotopic (exact) mass is 557 g/mol. The molecule has 1 aliphatic carbocycles. The van der Waals surface area contributed by atoms with Crippen LogP contribution in [0.15, 0.2) is 27.8 Å². The highest BCUT2D eigenvalue weighted by atomic mass is 127. The summed E-state index contributed by atoms with van der Waals surface area (Å²) in [4.78, 5) is 21.9. The number of guanidine groups is 1. The number of hydrogen-bond acceptors (Lipinski definition) is 4. The van der Waals surface area contributed by atoms with Gasteiger partial charge >= 0.3 is 0 Å². The standard InChI is InChI=1S/C24H39N5O2.HI/c1-25-24(26-17-21(22-11-8-16-31-22)28-13-6-3-7-14-28)27-20-12-15-29(18-20)23(30)19-9-4-2-5-10-19;/h8,11,16,19-21H,2-7,9-10,12-15,17-18H2,1H3,(H2,25,26,27);1H. The number of likely N-dealkylation sites (tertiary alicyclic amines) is 2. The Labute approximate surface area is 209 Å². The van der Waals surface area contributed by atoms with Crippen molar-refractivity contribution in [3.8, 4) is 0 Å². The predicted molar refractivity (Wildman–Crippen MR) is 138 cm³/mol. The first kappa shape index (κ1) is 25.3. The maximum atomic E-state index is 12.9. The molecular weight excluding hydrogens is 517 g/mol. The number of carbonyl (C=O) groups is 1. The van der Waals surface area contributed by atoms with Crippen molar-refractivity contribution < 1.29 is 9.21 Å². The second-order valence-corrected chi connectivity index (χ2v) is 9.33. The zero-order chi connectivity index (χ0) is 21.5. The molecule has 3 heterocycles. The number of amides is 1. The van der Waals surface area contributed by atoms with Crippen LogP contribution in [-0.2, 0) is 4.79 Å². The zero-order valence-corrected chi connectivity index (χ0v) is 21.8. The number of halogens is 1. The summed E-state index contributed by atoms with van der Waals surface area (Å²) in [5.74, 6) is 2.44. The topological polar surface area (TPSA) is 73.1 Å². The molecule has 7 nitrogen and oxygen atoms in total. The van der Waals surface area contributed by atoms with Crippen LogP contribution < -0.4 is 10.6 Å². The SMILES string of the molecule is CN=C(NCC(c1ccco1)N1CCCCC1)NC1CCN(C(=O)C2CCCCC2)C1.I. The summed E-state index contributed by atoms with van der Waals surface area (Å²) in [5.41, 5.74) is 0. The zero-order valence-electron chi connectivity index (χ0n) is 19.4. The molecule has 2 saturated heterocycles. The van der Waals surface area contributed by atoms with Gasteiger partial charge in [0.1, 0.15) is 5.76 Å². The average Bonchev–Trinajstić information content (AvgIpc) is 3.52. The third-order valence-corrected chi connectivity index (χ3v) is 7.18. The molecule has 0 radical (unpaired) electrons. The average molecular weight is 558 g/mol. The normalized spacial score (nSPS) is 24.1. The maximum absolute atomic E-state index is 12.9. The van der Waals surface area contributed by atoms with Crippen LogP contribution in [0.25, 0.3) is 0 Å². The van der Waals surface area contributed by atoms with Gasteiger partial charge < -0.3 is 20.0 Å². The van der Waals surface area contributed by atoms with Gasteiger partial charge in [0.25, 0.3) is 0 Å². The quantitative estimate of drug-likeness (QED) is 0.317. The summed E-state index contributed by atoms with van der Waals surface area (Å²) >= 11 is 0. The number of carbonyl (C=O) groups excluding carboxylic acids is 1. The lowest BCUT2D eigenvalue weighted by atomic mass is 9.88. The Bertz CT molecular complexity index is 714. The minimum atomic E-state index is 0. The van der Waals surface area contributed by atoms with E-state index < -0.39 is 0 Å². The number of rotatable bonds is 6. The van der Waals surface area contributed by atoms with Crippen LogP contribution in [0.1, 0.15) is 69.6 Å². The molecule has 0 bridgehead atoms. The van der Waals surface area contributed by atoms with Gasteiger partial charge in [-0.2, -0.15) is 0 Å². The highest BCUT2D eigenvalue weighted by molar-refractivity contribution is 14.0. The highest BCUT2D eigenvalue weighted by Crippen LogP contribution is 2.27. The Hall–Kier alpha value is -1.29. The lowest BCUT2D eigenvalue weighted by Gasteiger charge is -2.34. The number of hydrogen-bond donors (Lipinski definition) is 2. The van der Waals surface area contributed by atoms with E-state index in [1.54, 1.807) is 6.26 Å². The third kappa shape index (κ3) is 6.62. The summed E-state index contributed by atoms with van der Waals surface area (Å²) in [5, 5.41) is 7.08. The first-order valence-electron chi connectivity index (χ1n) is 12.3. The molecule has 1 aromatic rings.